The largest absolute Gasteiger partial charge is 0.449 e. The summed E-state index contributed by atoms with van der Waals surface area (Å²) in [5.41, 5.74) is 3.83. The molecule has 0 spiro atoms. The smallest absolute Gasteiger partial charge is 0.433 e. The van der Waals surface area contributed by atoms with E-state index < -0.39 is 16.9 Å². The second-order valence-electron chi connectivity index (χ2n) is 6.39. The molecule has 2 aromatic heterocycles. The number of carbonyl (C=O) groups excluding carboxylic acids is 1. The summed E-state index contributed by atoms with van der Waals surface area (Å²) in [5.74, 6) is -0.202. The van der Waals surface area contributed by atoms with E-state index in [9.17, 15) is 14.9 Å². The number of carbonyl (C=O) groups is 1. The fourth-order valence-corrected chi connectivity index (χ4v) is 3.00. The van der Waals surface area contributed by atoms with Gasteiger partial charge in [0, 0.05) is 11.8 Å². The van der Waals surface area contributed by atoms with Gasteiger partial charge in [-0.25, -0.2) is 14.9 Å². The molecule has 10 heteroatoms. The number of amides is 1. The number of nitrogens with zero attached hydrogens (tertiary/aromatic N) is 4. The molecular weight excluding hydrogens is 402 g/mol. The van der Waals surface area contributed by atoms with Crippen molar-refractivity contribution in [2.75, 3.05) is 6.61 Å². The first-order valence-corrected chi connectivity index (χ1v) is 9.34. The quantitative estimate of drug-likeness (QED) is 0.283. The van der Waals surface area contributed by atoms with Crippen LogP contribution < -0.4 is 5.43 Å². The molecule has 2 heterocycles. The summed E-state index contributed by atoms with van der Waals surface area (Å²) in [5, 5.41) is 21.5. The molecule has 31 heavy (non-hydrogen) atoms. The maximum absolute atomic E-state index is 11.5. The van der Waals surface area contributed by atoms with Crippen LogP contribution in [-0.4, -0.2) is 33.6 Å². The monoisotopic (exact) mass is 419 g/mol. The van der Waals surface area contributed by atoms with Crippen LogP contribution in [-0.2, 0) is 4.74 Å². The Kier molecular flexibility index (Phi) is 5.43. The molecule has 0 aliphatic rings. The summed E-state index contributed by atoms with van der Waals surface area (Å²) in [7, 11) is 0. The van der Waals surface area contributed by atoms with E-state index in [1.165, 1.54) is 18.3 Å². The Hall–Kier alpha value is -4.47. The number of furan rings is 1. The molecule has 156 valence electrons. The molecule has 4 aromatic rings. The Balaban J connectivity index is 1.73. The molecule has 0 unspecified atom stereocenters. The van der Waals surface area contributed by atoms with Gasteiger partial charge in [-0.05, 0) is 35.9 Å². The van der Waals surface area contributed by atoms with Gasteiger partial charge in [0.25, 0.3) is 0 Å². The first-order valence-electron chi connectivity index (χ1n) is 9.34. The SMILES string of the molecule is CCOC(=O)NN=Cc1cn(-c2ccc3ccccc3c2)nc1-c1ccc([N+](=O)[O-])o1. The van der Waals surface area contributed by atoms with Crippen LogP contribution in [0.4, 0.5) is 10.7 Å². The van der Waals surface area contributed by atoms with Gasteiger partial charge < -0.3 is 9.15 Å². The number of benzene rings is 2. The van der Waals surface area contributed by atoms with Crippen molar-refractivity contribution in [2.45, 2.75) is 6.92 Å². The number of hydrogen-bond acceptors (Lipinski definition) is 7. The lowest BCUT2D eigenvalue weighted by Gasteiger charge is -2.03. The van der Waals surface area contributed by atoms with Crippen molar-refractivity contribution in [1.82, 2.24) is 15.2 Å². The van der Waals surface area contributed by atoms with Crippen LogP contribution in [0.25, 0.3) is 27.9 Å². The molecule has 0 fully saturated rings. The topological polar surface area (TPSA) is 125 Å². The lowest BCUT2D eigenvalue weighted by Crippen LogP contribution is -2.18. The summed E-state index contributed by atoms with van der Waals surface area (Å²) in [6, 6.07) is 16.5. The van der Waals surface area contributed by atoms with Gasteiger partial charge in [-0.15, -0.1) is 0 Å². The van der Waals surface area contributed by atoms with Gasteiger partial charge in [-0.2, -0.15) is 10.2 Å². The Morgan fingerprint density at radius 1 is 1.26 bits per heavy atom. The Bertz CT molecular complexity index is 1290. The third-order valence-corrected chi connectivity index (χ3v) is 4.38. The highest BCUT2D eigenvalue weighted by Gasteiger charge is 2.19. The third kappa shape index (κ3) is 4.27. The molecule has 0 saturated carbocycles. The second kappa shape index (κ2) is 8.49. The van der Waals surface area contributed by atoms with Crippen molar-refractivity contribution in [3.05, 3.63) is 76.5 Å². The third-order valence-electron chi connectivity index (χ3n) is 4.38. The standard InChI is InChI=1S/C21H17N5O5/c1-2-30-21(27)23-22-12-16-13-25(17-8-7-14-5-3-4-6-15(14)11-17)24-20(16)18-9-10-19(31-18)26(28)29/h3-13H,2H2,1H3,(H,23,27). The van der Waals surface area contributed by atoms with E-state index in [0.29, 0.717) is 11.3 Å². The van der Waals surface area contributed by atoms with Crippen LogP contribution in [0.15, 0.2) is 70.3 Å². The van der Waals surface area contributed by atoms with Crippen LogP contribution in [0.5, 0.6) is 0 Å². The minimum Gasteiger partial charge on any atom is -0.449 e. The van der Waals surface area contributed by atoms with Crippen LogP contribution >= 0.6 is 0 Å². The predicted octanol–water partition coefficient (Wildman–Crippen LogP) is 4.27. The molecule has 4 rings (SSSR count). The lowest BCUT2D eigenvalue weighted by molar-refractivity contribution is -0.401. The zero-order chi connectivity index (χ0) is 21.8. The molecule has 0 saturated heterocycles. The molecule has 0 aliphatic heterocycles. The normalized spacial score (nSPS) is 11.1. The maximum atomic E-state index is 11.5. The van der Waals surface area contributed by atoms with E-state index in [2.05, 4.69) is 15.6 Å². The molecule has 1 N–H and O–H groups in total. The number of ether oxygens (including phenoxy) is 1. The van der Waals surface area contributed by atoms with Gasteiger partial charge in [0.05, 0.1) is 24.6 Å². The van der Waals surface area contributed by atoms with Crippen molar-refractivity contribution >= 4 is 29.0 Å². The zero-order valence-electron chi connectivity index (χ0n) is 16.4. The summed E-state index contributed by atoms with van der Waals surface area (Å²) in [6.45, 7) is 1.89. The number of rotatable bonds is 6. The Morgan fingerprint density at radius 2 is 2.06 bits per heavy atom. The van der Waals surface area contributed by atoms with Crippen molar-refractivity contribution in [2.24, 2.45) is 5.10 Å². The van der Waals surface area contributed by atoms with E-state index in [-0.39, 0.29) is 12.4 Å². The van der Waals surface area contributed by atoms with Gasteiger partial charge in [-0.3, -0.25) is 10.1 Å². The fraction of sp³-hybridized carbons (Fsp3) is 0.0952. The van der Waals surface area contributed by atoms with Crippen LogP contribution in [0.3, 0.4) is 0 Å². The average molecular weight is 419 g/mol. The molecular formula is C21H17N5O5. The number of hydrazone groups is 1. The minimum atomic E-state index is -0.698. The van der Waals surface area contributed by atoms with E-state index in [1.54, 1.807) is 17.8 Å². The molecule has 0 radical (unpaired) electrons. The summed E-state index contributed by atoms with van der Waals surface area (Å²) >= 11 is 0. The fourth-order valence-electron chi connectivity index (χ4n) is 3.00. The van der Waals surface area contributed by atoms with Gasteiger partial charge in [-0.1, -0.05) is 30.3 Å². The van der Waals surface area contributed by atoms with Crippen LogP contribution in [0, 0.1) is 10.1 Å². The molecule has 1 amide bonds. The van der Waals surface area contributed by atoms with E-state index in [4.69, 9.17) is 9.15 Å². The first kappa shape index (κ1) is 19.8. The molecule has 2 aromatic carbocycles. The number of nitrogens with one attached hydrogen (secondary N) is 1. The highest BCUT2D eigenvalue weighted by atomic mass is 16.6. The van der Waals surface area contributed by atoms with Crippen molar-refractivity contribution in [3.63, 3.8) is 0 Å². The van der Waals surface area contributed by atoms with E-state index in [0.717, 1.165) is 16.5 Å². The van der Waals surface area contributed by atoms with E-state index >= 15 is 0 Å². The van der Waals surface area contributed by atoms with Crippen LogP contribution in [0.1, 0.15) is 12.5 Å². The summed E-state index contributed by atoms with van der Waals surface area (Å²) in [4.78, 5) is 21.8. The van der Waals surface area contributed by atoms with Crippen molar-refractivity contribution in [3.8, 4) is 17.1 Å². The minimum absolute atomic E-state index is 0.198. The van der Waals surface area contributed by atoms with Gasteiger partial charge in [0.2, 0.25) is 0 Å². The number of hydrogen-bond donors (Lipinski definition) is 1. The van der Waals surface area contributed by atoms with Crippen LogP contribution in [0.2, 0.25) is 0 Å². The molecule has 0 aliphatic carbocycles. The molecule has 10 nitrogen and oxygen atoms in total. The molecule has 0 atom stereocenters. The number of fused-ring (bicyclic) bond motifs is 1. The van der Waals surface area contributed by atoms with Gasteiger partial charge in [0.1, 0.15) is 10.6 Å². The highest BCUT2D eigenvalue weighted by molar-refractivity contribution is 5.89. The highest BCUT2D eigenvalue weighted by Crippen LogP contribution is 2.28. The van der Waals surface area contributed by atoms with Gasteiger partial charge in [0.15, 0.2) is 5.76 Å². The first-order chi connectivity index (χ1) is 15.0. The van der Waals surface area contributed by atoms with Crippen molar-refractivity contribution in [1.29, 1.82) is 0 Å². The summed E-state index contributed by atoms with van der Waals surface area (Å²) < 4.78 is 11.7. The van der Waals surface area contributed by atoms with Crippen molar-refractivity contribution < 1.29 is 18.9 Å². The maximum Gasteiger partial charge on any atom is 0.433 e. The summed E-state index contributed by atoms with van der Waals surface area (Å²) in [6.07, 6.45) is 2.35. The number of nitro groups is 1. The van der Waals surface area contributed by atoms with Gasteiger partial charge >= 0.3 is 12.0 Å². The average Bonchev–Trinajstić information content (AvgIpc) is 3.41. The lowest BCUT2D eigenvalue weighted by atomic mass is 10.1. The Morgan fingerprint density at radius 3 is 2.81 bits per heavy atom. The zero-order valence-corrected chi connectivity index (χ0v) is 16.4. The second-order valence-corrected chi connectivity index (χ2v) is 6.39. The predicted molar refractivity (Wildman–Crippen MR) is 113 cm³/mol. The van der Waals surface area contributed by atoms with E-state index in [1.807, 2.05) is 42.5 Å². The Labute approximate surface area is 175 Å². The number of aromatic nitrogens is 2. The molecule has 0 bridgehead atoms.